The van der Waals surface area contributed by atoms with E-state index in [2.05, 4.69) is 20.0 Å². The van der Waals surface area contributed by atoms with Crippen molar-refractivity contribution in [2.24, 2.45) is 0 Å². The van der Waals surface area contributed by atoms with Gasteiger partial charge in [-0.1, -0.05) is 0 Å². The Bertz CT molecular complexity index is 641. The molecule has 0 saturated carbocycles. The van der Waals surface area contributed by atoms with Crippen LogP contribution >= 0.6 is 11.3 Å². The molecule has 0 aliphatic carbocycles. The predicted octanol–water partition coefficient (Wildman–Crippen LogP) is 0.204. The van der Waals surface area contributed by atoms with Gasteiger partial charge in [0.1, 0.15) is 5.69 Å². The van der Waals surface area contributed by atoms with Gasteiger partial charge in [0.05, 0.1) is 17.8 Å². The van der Waals surface area contributed by atoms with Crippen LogP contribution in [0.2, 0.25) is 0 Å². The number of hydrogen-bond donors (Lipinski definition) is 2. The lowest BCUT2D eigenvalue weighted by atomic mass is 10.4. The van der Waals surface area contributed by atoms with Crippen molar-refractivity contribution in [3.63, 3.8) is 0 Å². The van der Waals surface area contributed by atoms with Gasteiger partial charge in [0.25, 0.3) is 5.91 Å². The van der Waals surface area contributed by atoms with Crippen LogP contribution in [0.25, 0.3) is 0 Å². The van der Waals surface area contributed by atoms with Crippen LogP contribution in [0.1, 0.15) is 10.5 Å². The minimum Gasteiger partial charge on any atom is -0.337 e. The van der Waals surface area contributed by atoms with Crippen LogP contribution < -0.4 is 10.0 Å². The molecule has 2 rings (SSSR count). The molecule has 1 amide bonds. The fourth-order valence-corrected chi connectivity index (χ4v) is 3.16. The smallest absolute Gasteiger partial charge is 0.272 e. The number of hydrogen-bond acceptors (Lipinski definition) is 6. The van der Waals surface area contributed by atoms with Crippen LogP contribution in [0.15, 0.2) is 40.3 Å². The van der Waals surface area contributed by atoms with Crippen LogP contribution in [0.5, 0.6) is 0 Å². The first-order valence-electron chi connectivity index (χ1n) is 5.16. The molecule has 9 heteroatoms. The molecule has 0 aliphatic heterocycles. The lowest BCUT2D eigenvalue weighted by Crippen LogP contribution is -2.37. The molecule has 2 aromatic rings. The summed E-state index contributed by atoms with van der Waals surface area (Å²) in [6.07, 6.45) is 4.11. The maximum Gasteiger partial charge on any atom is 0.272 e. The fourth-order valence-electron chi connectivity index (χ4n) is 1.21. The molecule has 2 aromatic heterocycles. The Labute approximate surface area is 113 Å². The van der Waals surface area contributed by atoms with Gasteiger partial charge < -0.3 is 5.32 Å². The first kappa shape index (κ1) is 13.6. The van der Waals surface area contributed by atoms with Crippen LogP contribution in [0.3, 0.4) is 0 Å². The maximum absolute atomic E-state index is 11.7. The number of carbonyl (C=O) groups is 1. The summed E-state index contributed by atoms with van der Waals surface area (Å²) in [6.45, 7) is -0.215. The molecule has 0 aliphatic rings. The molecule has 0 radical (unpaired) electrons. The quantitative estimate of drug-likeness (QED) is 0.768. The third-order valence-corrected chi connectivity index (χ3v) is 4.34. The number of aromatic nitrogens is 2. The molecule has 7 nitrogen and oxygen atoms in total. The molecule has 2 N–H and O–H groups in total. The standard InChI is InChI=1S/C10H10N4O3S2/c15-10(9-5-11-2-3-12-9)13-7-14-19(16,17)8-1-4-18-6-8/h1-6,14H,7H2,(H,13,15). The van der Waals surface area contributed by atoms with Crippen molar-refractivity contribution in [3.8, 4) is 0 Å². The second kappa shape index (κ2) is 5.87. The van der Waals surface area contributed by atoms with Crippen LogP contribution in [-0.4, -0.2) is 31.0 Å². The summed E-state index contributed by atoms with van der Waals surface area (Å²) >= 11 is 1.28. The van der Waals surface area contributed by atoms with Crippen molar-refractivity contribution >= 4 is 27.3 Å². The largest absolute Gasteiger partial charge is 0.337 e. The van der Waals surface area contributed by atoms with Crippen LogP contribution in [0.4, 0.5) is 0 Å². The van der Waals surface area contributed by atoms with E-state index < -0.39 is 15.9 Å². The van der Waals surface area contributed by atoms with E-state index in [0.29, 0.717) is 0 Å². The highest BCUT2D eigenvalue weighted by molar-refractivity contribution is 7.89. The molecular weight excluding hydrogens is 288 g/mol. The lowest BCUT2D eigenvalue weighted by Gasteiger charge is -2.06. The SMILES string of the molecule is O=C(NCNS(=O)(=O)c1ccsc1)c1cnccn1. The minimum absolute atomic E-state index is 0.122. The minimum atomic E-state index is -3.59. The molecule has 0 unspecified atom stereocenters. The number of nitrogens with zero attached hydrogens (tertiary/aromatic N) is 2. The van der Waals surface area contributed by atoms with Gasteiger partial charge in [-0.15, -0.1) is 0 Å². The molecule has 0 bridgehead atoms. The maximum atomic E-state index is 11.7. The number of nitrogens with one attached hydrogen (secondary N) is 2. The zero-order valence-corrected chi connectivity index (χ0v) is 11.2. The van der Waals surface area contributed by atoms with Gasteiger partial charge in [0.15, 0.2) is 0 Å². The van der Waals surface area contributed by atoms with E-state index in [9.17, 15) is 13.2 Å². The zero-order valence-electron chi connectivity index (χ0n) is 9.61. The number of amides is 1. The van der Waals surface area contributed by atoms with Gasteiger partial charge in [-0.25, -0.2) is 13.4 Å². The van der Waals surface area contributed by atoms with Crippen molar-refractivity contribution in [2.75, 3.05) is 6.67 Å². The van der Waals surface area contributed by atoms with E-state index in [-0.39, 0.29) is 17.3 Å². The third-order valence-electron chi connectivity index (χ3n) is 2.11. The number of sulfonamides is 1. The fraction of sp³-hybridized carbons (Fsp3) is 0.100. The monoisotopic (exact) mass is 298 g/mol. The molecule has 0 fully saturated rings. The Kier molecular flexibility index (Phi) is 4.20. The van der Waals surface area contributed by atoms with E-state index in [0.717, 1.165) is 0 Å². The molecule has 0 spiro atoms. The predicted molar refractivity (Wildman–Crippen MR) is 69.0 cm³/mol. The van der Waals surface area contributed by atoms with E-state index in [1.54, 1.807) is 5.38 Å². The van der Waals surface area contributed by atoms with Gasteiger partial charge in [-0.3, -0.25) is 9.78 Å². The molecule has 0 atom stereocenters. The van der Waals surface area contributed by atoms with Gasteiger partial charge >= 0.3 is 0 Å². The number of carbonyl (C=O) groups excluding carboxylic acids is 1. The molecule has 100 valence electrons. The third kappa shape index (κ3) is 3.56. The zero-order chi connectivity index (χ0) is 13.7. The van der Waals surface area contributed by atoms with Gasteiger partial charge in [0, 0.05) is 17.8 Å². The Morgan fingerprint density at radius 3 is 2.84 bits per heavy atom. The Morgan fingerprint density at radius 1 is 1.37 bits per heavy atom. The highest BCUT2D eigenvalue weighted by Gasteiger charge is 2.14. The van der Waals surface area contributed by atoms with Gasteiger partial charge in [-0.2, -0.15) is 16.1 Å². The summed E-state index contributed by atoms with van der Waals surface area (Å²) in [7, 11) is -3.59. The van der Waals surface area contributed by atoms with E-state index in [1.165, 1.54) is 41.4 Å². The molecular formula is C10H10N4O3S2. The highest BCUT2D eigenvalue weighted by atomic mass is 32.2. The topological polar surface area (TPSA) is 101 Å². The van der Waals surface area contributed by atoms with E-state index >= 15 is 0 Å². The first-order valence-corrected chi connectivity index (χ1v) is 7.58. The number of rotatable bonds is 5. The highest BCUT2D eigenvalue weighted by Crippen LogP contribution is 2.11. The van der Waals surface area contributed by atoms with E-state index in [4.69, 9.17) is 0 Å². The van der Waals surface area contributed by atoms with Crippen LogP contribution in [-0.2, 0) is 10.0 Å². The average molecular weight is 298 g/mol. The van der Waals surface area contributed by atoms with Crippen molar-refractivity contribution in [1.82, 2.24) is 20.0 Å². The van der Waals surface area contributed by atoms with Crippen molar-refractivity contribution in [2.45, 2.75) is 4.90 Å². The molecule has 0 saturated heterocycles. The second-order valence-electron chi connectivity index (χ2n) is 3.38. The molecule has 19 heavy (non-hydrogen) atoms. The Hall–Kier alpha value is -1.84. The second-order valence-corrected chi connectivity index (χ2v) is 5.93. The summed E-state index contributed by atoms with van der Waals surface area (Å²) in [5, 5.41) is 5.55. The van der Waals surface area contributed by atoms with E-state index in [1.807, 2.05) is 0 Å². The first-order chi connectivity index (χ1) is 9.09. The average Bonchev–Trinajstić information content (AvgIpc) is 2.94. The summed E-state index contributed by atoms with van der Waals surface area (Å²) in [5.41, 5.74) is 0.122. The van der Waals surface area contributed by atoms with Gasteiger partial charge in [0.2, 0.25) is 10.0 Å². The van der Waals surface area contributed by atoms with Crippen molar-refractivity contribution in [3.05, 3.63) is 41.1 Å². The normalized spacial score (nSPS) is 11.2. The van der Waals surface area contributed by atoms with Crippen LogP contribution in [0, 0.1) is 0 Å². The Balaban J connectivity index is 1.89. The van der Waals surface area contributed by atoms with Crippen molar-refractivity contribution in [1.29, 1.82) is 0 Å². The summed E-state index contributed by atoms with van der Waals surface area (Å²) in [4.78, 5) is 19.3. The molecule has 2 heterocycles. The summed E-state index contributed by atoms with van der Waals surface area (Å²) in [6, 6.07) is 1.48. The summed E-state index contributed by atoms with van der Waals surface area (Å²) < 4.78 is 25.7. The van der Waals surface area contributed by atoms with Crippen molar-refractivity contribution < 1.29 is 13.2 Å². The van der Waals surface area contributed by atoms with Gasteiger partial charge in [-0.05, 0) is 11.4 Å². The Morgan fingerprint density at radius 2 is 2.21 bits per heavy atom. The molecule has 0 aromatic carbocycles. The lowest BCUT2D eigenvalue weighted by molar-refractivity contribution is 0.0948. The number of thiophene rings is 1. The summed E-state index contributed by atoms with van der Waals surface area (Å²) in [5.74, 6) is -0.499.